The van der Waals surface area contributed by atoms with Gasteiger partial charge in [0, 0.05) is 18.7 Å². The van der Waals surface area contributed by atoms with E-state index < -0.39 is 12.1 Å². The fourth-order valence-electron chi connectivity index (χ4n) is 2.48. The topological polar surface area (TPSA) is 85.3 Å². The summed E-state index contributed by atoms with van der Waals surface area (Å²) in [5, 5.41) is 8.84. The summed E-state index contributed by atoms with van der Waals surface area (Å²) in [5.41, 5.74) is 0.473. The van der Waals surface area contributed by atoms with Gasteiger partial charge in [-0.2, -0.15) is 0 Å². The van der Waals surface area contributed by atoms with Crippen LogP contribution in [-0.2, 0) is 9.53 Å². The molecule has 0 spiro atoms. The average Bonchev–Trinajstić information content (AvgIpc) is 2.54. The van der Waals surface area contributed by atoms with Gasteiger partial charge in [-0.1, -0.05) is 0 Å². The molecule has 0 aliphatic carbocycles. The van der Waals surface area contributed by atoms with Crippen molar-refractivity contribution in [1.29, 1.82) is 0 Å². The summed E-state index contributed by atoms with van der Waals surface area (Å²) < 4.78 is 16.1. The van der Waals surface area contributed by atoms with Crippen LogP contribution in [0.3, 0.4) is 0 Å². The van der Waals surface area contributed by atoms with Crippen molar-refractivity contribution in [2.75, 3.05) is 33.4 Å². The molecule has 0 aromatic heterocycles. The second-order valence-corrected chi connectivity index (χ2v) is 5.14. The number of carboxylic acid groups (broad SMARTS) is 1. The van der Waals surface area contributed by atoms with Gasteiger partial charge < -0.3 is 24.2 Å². The first-order valence-corrected chi connectivity index (χ1v) is 7.48. The monoisotopic (exact) mass is 323 g/mol. The van der Waals surface area contributed by atoms with E-state index >= 15 is 0 Å². The van der Waals surface area contributed by atoms with Gasteiger partial charge in [0.25, 0.3) is 5.91 Å². The Labute approximate surface area is 134 Å². The molecule has 1 atom stereocenters. The molecule has 0 saturated carbocycles. The highest BCUT2D eigenvalue weighted by Crippen LogP contribution is 2.28. The van der Waals surface area contributed by atoms with Crippen LogP contribution in [0, 0.1) is 0 Å². The molecule has 0 radical (unpaired) electrons. The zero-order valence-electron chi connectivity index (χ0n) is 13.3. The van der Waals surface area contributed by atoms with Crippen LogP contribution in [0.2, 0.25) is 0 Å². The maximum atomic E-state index is 12.6. The van der Waals surface area contributed by atoms with E-state index in [-0.39, 0.29) is 18.9 Å². The molecule has 0 bridgehead atoms. The molecule has 1 saturated heterocycles. The number of amides is 1. The summed E-state index contributed by atoms with van der Waals surface area (Å²) in [6, 6.07) is 5.01. The third-order valence-electron chi connectivity index (χ3n) is 3.54. The second-order valence-electron chi connectivity index (χ2n) is 5.14. The van der Waals surface area contributed by atoms with E-state index in [0.717, 1.165) is 0 Å². The lowest BCUT2D eigenvalue weighted by atomic mass is 10.1. The van der Waals surface area contributed by atoms with Crippen molar-refractivity contribution >= 4 is 11.9 Å². The van der Waals surface area contributed by atoms with Gasteiger partial charge in [-0.25, -0.2) is 0 Å². The van der Waals surface area contributed by atoms with Gasteiger partial charge in [-0.05, 0) is 25.1 Å². The third-order valence-corrected chi connectivity index (χ3v) is 3.54. The minimum Gasteiger partial charge on any atom is -0.493 e. The molecule has 1 N–H and O–H groups in total. The number of benzene rings is 1. The number of aliphatic carboxylic acids is 1. The van der Waals surface area contributed by atoms with Gasteiger partial charge in [-0.3, -0.25) is 9.59 Å². The first kappa shape index (κ1) is 17.1. The highest BCUT2D eigenvalue weighted by Gasteiger charge is 2.27. The van der Waals surface area contributed by atoms with Crippen LogP contribution in [0.15, 0.2) is 18.2 Å². The van der Waals surface area contributed by atoms with Crippen molar-refractivity contribution < 1.29 is 28.9 Å². The van der Waals surface area contributed by atoms with E-state index in [4.69, 9.17) is 19.3 Å². The predicted molar refractivity (Wildman–Crippen MR) is 82.1 cm³/mol. The van der Waals surface area contributed by atoms with Crippen molar-refractivity contribution in [3.63, 3.8) is 0 Å². The number of methoxy groups -OCH3 is 1. The molecule has 1 aromatic rings. The fourth-order valence-corrected chi connectivity index (χ4v) is 2.48. The number of carbonyl (C=O) groups is 2. The lowest BCUT2D eigenvalue weighted by Gasteiger charge is -2.32. The molecule has 1 aliphatic rings. The summed E-state index contributed by atoms with van der Waals surface area (Å²) in [5.74, 6) is -0.0394. The number of carbonyl (C=O) groups excluding carboxylic acids is 1. The normalized spacial score (nSPS) is 17.7. The van der Waals surface area contributed by atoms with Gasteiger partial charge in [0.2, 0.25) is 0 Å². The molecule has 1 amide bonds. The first-order chi connectivity index (χ1) is 11.0. The van der Waals surface area contributed by atoms with Crippen molar-refractivity contribution in [2.24, 2.45) is 0 Å². The van der Waals surface area contributed by atoms with E-state index in [1.807, 2.05) is 6.92 Å². The molecule has 1 aliphatic heterocycles. The first-order valence-electron chi connectivity index (χ1n) is 7.48. The number of nitrogens with zero attached hydrogens (tertiary/aromatic N) is 1. The predicted octanol–water partition coefficient (Wildman–Crippen LogP) is 1.41. The zero-order chi connectivity index (χ0) is 16.8. The van der Waals surface area contributed by atoms with Crippen molar-refractivity contribution in [3.05, 3.63) is 23.8 Å². The highest BCUT2D eigenvalue weighted by atomic mass is 16.5. The van der Waals surface area contributed by atoms with Gasteiger partial charge in [0.1, 0.15) is 0 Å². The lowest BCUT2D eigenvalue weighted by molar-refractivity contribution is -0.141. The lowest BCUT2D eigenvalue weighted by Crippen LogP contribution is -2.46. The number of hydrogen-bond donors (Lipinski definition) is 1. The summed E-state index contributed by atoms with van der Waals surface area (Å²) in [7, 11) is 1.52. The largest absolute Gasteiger partial charge is 0.493 e. The zero-order valence-corrected chi connectivity index (χ0v) is 13.3. The SMILES string of the molecule is CCOc1ccc(C(=O)N2CCOC(CC(=O)O)C2)cc1OC. The Morgan fingerprint density at radius 2 is 2.17 bits per heavy atom. The third kappa shape index (κ3) is 4.35. The standard InChI is InChI=1S/C16H21NO6/c1-3-22-13-5-4-11(8-14(13)21-2)16(20)17-6-7-23-12(10-17)9-15(18)19/h4-5,8,12H,3,6-7,9-10H2,1-2H3,(H,18,19). The average molecular weight is 323 g/mol. The van der Waals surface area contributed by atoms with Crippen LogP contribution in [-0.4, -0.2) is 61.4 Å². The number of morpholine rings is 1. The Bertz CT molecular complexity index is 574. The molecule has 1 fully saturated rings. The Kier molecular flexibility index (Phi) is 5.81. The van der Waals surface area contributed by atoms with Gasteiger partial charge in [-0.15, -0.1) is 0 Å². The molecule has 7 heteroatoms. The van der Waals surface area contributed by atoms with Crippen molar-refractivity contribution in [2.45, 2.75) is 19.4 Å². The van der Waals surface area contributed by atoms with Crippen LogP contribution in [0.4, 0.5) is 0 Å². The Hall–Kier alpha value is -2.28. The van der Waals surface area contributed by atoms with Gasteiger partial charge in [0.05, 0.1) is 32.8 Å². The molecular weight excluding hydrogens is 302 g/mol. The molecule has 1 heterocycles. The number of ether oxygens (including phenoxy) is 3. The molecule has 126 valence electrons. The highest BCUT2D eigenvalue weighted by molar-refractivity contribution is 5.95. The number of rotatable bonds is 6. The Morgan fingerprint density at radius 1 is 1.39 bits per heavy atom. The minimum absolute atomic E-state index is 0.115. The maximum Gasteiger partial charge on any atom is 0.306 e. The Morgan fingerprint density at radius 3 is 2.83 bits per heavy atom. The molecular formula is C16H21NO6. The fraction of sp³-hybridized carbons (Fsp3) is 0.500. The van der Waals surface area contributed by atoms with Crippen LogP contribution in [0.25, 0.3) is 0 Å². The quantitative estimate of drug-likeness (QED) is 0.852. The Balaban J connectivity index is 2.11. The maximum absolute atomic E-state index is 12.6. The summed E-state index contributed by atoms with van der Waals surface area (Å²) >= 11 is 0. The van der Waals surface area contributed by atoms with E-state index in [1.165, 1.54) is 7.11 Å². The molecule has 23 heavy (non-hydrogen) atoms. The van der Waals surface area contributed by atoms with Gasteiger partial charge in [0.15, 0.2) is 11.5 Å². The smallest absolute Gasteiger partial charge is 0.306 e. The summed E-state index contributed by atoms with van der Waals surface area (Å²) in [6.07, 6.45) is -0.592. The minimum atomic E-state index is -0.938. The van der Waals surface area contributed by atoms with Crippen LogP contribution >= 0.6 is 0 Å². The summed E-state index contributed by atoms with van der Waals surface area (Å²) in [4.78, 5) is 25.0. The van der Waals surface area contributed by atoms with Gasteiger partial charge >= 0.3 is 5.97 Å². The molecule has 1 unspecified atom stereocenters. The van der Waals surface area contributed by atoms with E-state index in [1.54, 1.807) is 23.1 Å². The van der Waals surface area contributed by atoms with E-state index in [0.29, 0.717) is 36.8 Å². The van der Waals surface area contributed by atoms with Crippen LogP contribution in [0.1, 0.15) is 23.7 Å². The number of hydrogen-bond acceptors (Lipinski definition) is 5. The molecule has 2 rings (SSSR count). The summed E-state index contributed by atoms with van der Waals surface area (Å²) in [6.45, 7) is 3.40. The molecule has 1 aromatic carbocycles. The molecule has 7 nitrogen and oxygen atoms in total. The van der Waals surface area contributed by atoms with Crippen molar-refractivity contribution in [3.8, 4) is 11.5 Å². The van der Waals surface area contributed by atoms with Crippen LogP contribution < -0.4 is 9.47 Å². The van der Waals surface area contributed by atoms with E-state index in [9.17, 15) is 9.59 Å². The van der Waals surface area contributed by atoms with E-state index in [2.05, 4.69) is 0 Å². The second kappa shape index (κ2) is 7.82. The number of carboxylic acids is 1. The van der Waals surface area contributed by atoms with Crippen LogP contribution in [0.5, 0.6) is 11.5 Å². The van der Waals surface area contributed by atoms with Crippen molar-refractivity contribution in [1.82, 2.24) is 4.90 Å².